The molecular weight excluding hydrogens is 773 g/mol. The summed E-state index contributed by atoms with van der Waals surface area (Å²) < 4.78 is 0. The van der Waals surface area contributed by atoms with E-state index in [1.165, 1.54) is 6.33 Å². The summed E-state index contributed by atoms with van der Waals surface area (Å²) in [5, 5.41) is 17.1. The summed E-state index contributed by atoms with van der Waals surface area (Å²) in [4.78, 5) is 16.0. The molecule has 6 nitrogen and oxygen atoms in total. The van der Waals surface area contributed by atoms with Crippen molar-refractivity contribution in [1.82, 2.24) is 19.9 Å². The Kier molecular flexibility index (Phi) is 17.1. The van der Waals surface area contributed by atoms with Crippen molar-refractivity contribution >= 4 is 0 Å². The van der Waals surface area contributed by atoms with E-state index in [4.69, 9.17) is 10.2 Å². The van der Waals surface area contributed by atoms with E-state index in [1.54, 1.807) is 32.6 Å². The molecule has 0 saturated carbocycles. The zero-order valence-corrected chi connectivity index (χ0v) is 23.2. The third-order valence-electron chi connectivity index (χ3n) is 3.90. The molecule has 2 heterocycles. The van der Waals surface area contributed by atoms with Crippen molar-refractivity contribution in [3.8, 4) is 22.5 Å². The number of rotatable bonds is 4. The largest absolute Gasteiger partial charge is 0.393 e. The number of hydrogen-bond acceptors (Lipinski definition) is 6. The molecule has 0 spiro atoms. The first-order chi connectivity index (χ1) is 15.1. The zero-order valence-electron chi connectivity index (χ0n) is 18.4. The van der Waals surface area contributed by atoms with Crippen LogP contribution in [0, 0.1) is 6.07 Å². The second-order valence-corrected chi connectivity index (χ2v) is 6.77. The van der Waals surface area contributed by atoms with E-state index in [-0.39, 0.29) is 52.4 Å². The van der Waals surface area contributed by atoms with Crippen molar-refractivity contribution in [2.45, 2.75) is 32.5 Å². The van der Waals surface area contributed by atoms with Gasteiger partial charge in [-0.25, -0.2) is 15.0 Å². The molecule has 0 amide bonds. The van der Waals surface area contributed by atoms with Gasteiger partial charge in [-0.3, -0.25) is 4.98 Å². The van der Waals surface area contributed by atoms with Crippen LogP contribution in [-0.4, -0.2) is 42.4 Å². The van der Waals surface area contributed by atoms with E-state index in [0.717, 1.165) is 22.5 Å². The number of hydrogen-bond donors (Lipinski definition) is 2. The van der Waals surface area contributed by atoms with Crippen molar-refractivity contribution in [1.29, 1.82) is 0 Å². The SMILES string of the molecule is CC(O)CC(C)O.[Ir].[Ir].[c-]1ccccc1-c1ccncn1.c1ccc(-c2ccncn2)cc1. The summed E-state index contributed by atoms with van der Waals surface area (Å²) in [6, 6.07) is 24.7. The van der Waals surface area contributed by atoms with Crippen molar-refractivity contribution in [2.75, 3.05) is 0 Å². The summed E-state index contributed by atoms with van der Waals surface area (Å²) in [5.74, 6) is 0. The Hall–Kier alpha value is -2.18. The normalized spacial score (nSPS) is 11.0. The molecule has 2 aromatic carbocycles. The summed E-state index contributed by atoms with van der Waals surface area (Å²) in [6.45, 7) is 3.32. The maximum Gasteiger partial charge on any atom is 0.116 e. The average molecular weight is 800 g/mol. The molecule has 0 aliphatic heterocycles. The van der Waals surface area contributed by atoms with Crippen LogP contribution in [0.25, 0.3) is 22.5 Å². The molecule has 2 radical (unpaired) electrons. The minimum absolute atomic E-state index is 0. The van der Waals surface area contributed by atoms with Crippen LogP contribution < -0.4 is 0 Å². The van der Waals surface area contributed by atoms with E-state index in [2.05, 4.69) is 26.0 Å². The van der Waals surface area contributed by atoms with Gasteiger partial charge in [0.2, 0.25) is 0 Å². The Balaban J connectivity index is 0.000000470. The fourth-order valence-electron chi connectivity index (χ4n) is 2.57. The second-order valence-electron chi connectivity index (χ2n) is 6.77. The summed E-state index contributed by atoms with van der Waals surface area (Å²) in [5.41, 5.74) is 4.00. The monoisotopic (exact) mass is 801 g/mol. The van der Waals surface area contributed by atoms with E-state index in [9.17, 15) is 0 Å². The number of aliphatic hydroxyl groups is 2. The molecule has 2 atom stereocenters. The smallest absolute Gasteiger partial charge is 0.116 e. The van der Waals surface area contributed by atoms with Gasteiger partial charge in [0.1, 0.15) is 12.7 Å². The van der Waals surface area contributed by atoms with Gasteiger partial charge in [-0.15, -0.1) is 35.9 Å². The third kappa shape index (κ3) is 13.2. The first kappa shape index (κ1) is 30.8. The molecule has 0 fully saturated rings. The van der Waals surface area contributed by atoms with Gasteiger partial charge in [-0.1, -0.05) is 36.4 Å². The summed E-state index contributed by atoms with van der Waals surface area (Å²) >= 11 is 0. The van der Waals surface area contributed by atoms with E-state index in [1.807, 2.05) is 66.7 Å². The Bertz CT molecular complexity index is 807. The number of aliphatic hydroxyl groups excluding tert-OH is 2. The molecule has 2 aromatic heterocycles. The molecule has 2 N–H and O–H groups in total. The van der Waals surface area contributed by atoms with Gasteiger partial charge in [0.05, 0.1) is 17.9 Å². The third-order valence-corrected chi connectivity index (χ3v) is 3.90. The molecule has 4 aromatic rings. The second kappa shape index (κ2) is 18.3. The first-order valence-electron chi connectivity index (χ1n) is 9.97. The quantitative estimate of drug-likeness (QED) is 0.301. The molecule has 2 unspecified atom stereocenters. The zero-order chi connectivity index (χ0) is 22.3. The molecule has 4 rings (SSSR count). The maximum absolute atomic E-state index is 8.56. The number of aromatic nitrogens is 4. The van der Waals surface area contributed by atoms with Crippen LogP contribution in [-0.2, 0) is 40.2 Å². The van der Waals surface area contributed by atoms with E-state index in [0.29, 0.717) is 6.42 Å². The van der Waals surface area contributed by atoms with Crippen molar-refractivity contribution in [2.24, 2.45) is 0 Å². The van der Waals surface area contributed by atoms with Gasteiger partial charge in [0.25, 0.3) is 0 Å². The van der Waals surface area contributed by atoms with Gasteiger partial charge >= 0.3 is 0 Å². The van der Waals surface area contributed by atoms with Crippen molar-refractivity contribution < 1.29 is 50.4 Å². The Morgan fingerprint density at radius 2 is 1.27 bits per heavy atom. The van der Waals surface area contributed by atoms with E-state index >= 15 is 0 Å². The standard InChI is InChI=1S/C10H8N2.C10H7N2.C5H12O2.2Ir/c2*1-2-4-9(5-3-1)10-6-7-11-8-12-10;1-4(6)3-5(2)7;;/h1-8H;1-4,6-8H;4-7H,3H2,1-2H3;;/q;-1;;;. The fraction of sp³-hybridized carbons (Fsp3) is 0.200. The van der Waals surface area contributed by atoms with Crippen LogP contribution in [0.4, 0.5) is 0 Å². The predicted molar refractivity (Wildman–Crippen MR) is 122 cm³/mol. The number of nitrogens with zero attached hydrogens (tertiary/aromatic N) is 4. The summed E-state index contributed by atoms with van der Waals surface area (Å²) in [7, 11) is 0. The molecule has 0 aliphatic rings. The Morgan fingerprint density at radius 3 is 1.70 bits per heavy atom. The Labute approximate surface area is 222 Å². The number of benzene rings is 2. The van der Waals surface area contributed by atoms with Gasteiger partial charge in [0.15, 0.2) is 0 Å². The van der Waals surface area contributed by atoms with Crippen LogP contribution >= 0.6 is 0 Å². The molecule has 0 aliphatic carbocycles. The molecular formula is C25H27Ir2N4O2-. The van der Waals surface area contributed by atoms with Gasteiger partial charge in [0, 0.05) is 58.2 Å². The summed E-state index contributed by atoms with van der Waals surface area (Å²) in [6.07, 6.45) is 6.29. The molecule has 0 saturated heterocycles. The van der Waals surface area contributed by atoms with Crippen LogP contribution in [0.3, 0.4) is 0 Å². The molecule has 8 heteroatoms. The van der Waals surface area contributed by atoms with Gasteiger partial charge < -0.3 is 10.2 Å². The van der Waals surface area contributed by atoms with Gasteiger partial charge in [-0.2, -0.15) is 0 Å². The first-order valence-corrected chi connectivity index (χ1v) is 9.97. The van der Waals surface area contributed by atoms with Crippen LogP contribution in [0.2, 0.25) is 0 Å². The molecule has 178 valence electrons. The van der Waals surface area contributed by atoms with Crippen LogP contribution in [0.5, 0.6) is 0 Å². The van der Waals surface area contributed by atoms with Crippen molar-refractivity contribution in [3.63, 3.8) is 0 Å². The van der Waals surface area contributed by atoms with Crippen LogP contribution in [0.15, 0.2) is 91.8 Å². The van der Waals surface area contributed by atoms with Gasteiger partial charge in [-0.05, 0) is 32.0 Å². The average Bonchev–Trinajstić information content (AvgIpc) is 2.81. The maximum atomic E-state index is 8.56. The van der Waals surface area contributed by atoms with Crippen LogP contribution in [0.1, 0.15) is 20.3 Å². The fourth-order valence-corrected chi connectivity index (χ4v) is 2.57. The minimum Gasteiger partial charge on any atom is -0.393 e. The predicted octanol–water partition coefficient (Wildman–Crippen LogP) is 4.22. The topological polar surface area (TPSA) is 92.0 Å². The minimum atomic E-state index is -0.375. The molecule has 0 bridgehead atoms. The van der Waals surface area contributed by atoms with Crippen molar-refractivity contribution in [3.05, 3.63) is 97.8 Å². The van der Waals surface area contributed by atoms with E-state index < -0.39 is 0 Å². The Morgan fingerprint density at radius 1 is 0.727 bits per heavy atom. The molecule has 33 heavy (non-hydrogen) atoms.